The molecule has 10 nitrogen and oxygen atoms in total. The second-order valence-corrected chi connectivity index (χ2v) is 9.45. The Morgan fingerprint density at radius 1 is 1.31 bits per heavy atom. The minimum Gasteiger partial charge on any atom is -0.488 e. The number of rotatable bonds is 7. The van der Waals surface area contributed by atoms with Crippen LogP contribution in [0.25, 0.3) is 10.2 Å². The molecule has 4 heterocycles. The van der Waals surface area contributed by atoms with Gasteiger partial charge in [-0.05, 0) is 43.5 Å². The van der Waals surface area contributed by atoms with Gasteiger partial charge in [0.15, 0.2) is 5.82 Å². The molecule has 1 aromatic carbocycles. The van der Waals surface area contributed by atoms with Gasteiger partial charge in [-0.1, -0.05) is 0 Å². The third-order valence-electron chi connectivity index (χ3n) is 6.12. The molecule has 5 N–H and O–H groups in total. The lowest BCUT2D eigenvalue weighted by Crippen LogP contribution is -2.38. The zero-order valence-electron chi connectivity index (χ0n) is 19.1. The molecule has 0 unspecified atom stereocenters. The average Bonchev–Trinajstić information content (AvgIpc) is 3.48. The summed E-state index contributed by atoms with van der Waals surface area (Å²) >= 11 is 1.19. The molecule has 1 aliphatic rings. The standard InChI is InChI=1S/C23H25FN8O2S/c1-13-19-22(27-12-28-23(19)35-20(13)21(25)33)32(26)17-3-2-14(24)10-18(17)34-16-5-8-31(9-6-16)11-15-4-7-29-30-15/h2-4,7,10,12,16H,5-6,8-9,11,26H2,1H3,(H2,25,33)(H,29,30). The maximum atomic E-state index is 14.2. The number of aryl methyl sites for hydroxylation is 1. The minimum absolute atomic E-state index is 0.0864. The first kappa shape index (κ1) is 23.1. The maximum Gasteiger partial charge on any atom is 0.259 e. The molecular weight excluding hydrogens is 471 g/mol. The second-order valence-electron chi connectivity index (χ2n) is 8.46. The number of benzene rings is 1. The molecule has 4 aromatic rings. The van der Waals surface area contributed by atoms with E-state index >= 15 is 0 Å². The van der Waals surface area contributed by atoms with E-state index in [1.165, 1.54) is 34.8 Å². The lowest BCUT2D eigenvalue weighted by atomic mass is 10.1. The summed E-state index contributed by atoms with van der Waals surface area (Å²) in [4.78, 5) is 23.8. The number of piperidine rings is 1. The van der Waals surface area contributed by atoms with Crippen molar-refractivity contribution in [3.63, 3.8) is 0 Å². The van der Waals surface area contributed by atoms with E-state index in [9.17, 15) is 9.18 Å². The molecular formula is C23H25FN8O2S. The summed E-state index contributed by atoms with van der Waals surface area (Å²) in [7, 11) is 0. The van der Waals surface area contributed by atoms with Crippen molar-refractivity contribution in [1.29, 1.82) is 0 Å². The van der Waals surface area contributed by atoms with E-state index in [1.54, 1.807) is 19.2 Å². The fraction of sp³-hybridized carbons (Fsp3) is 0.304. The van der Waals surface area contributed by atoms with E-state index in [-0.39, 0.29) is 6.10 Å². The minimum atomic E-state index is -0.537. The van der Waals surface area contributed by atoms with Gasteiger partial charge in [-0.25, -0.2) is 20.2 Å². The first-order chi connectivity index (χ1) is 16.9. The SMILES string of the molecule is Cc1c(C(N)=O)sc2ncnc(N(N)c3ccc(F)cc3OC3CCN(Cc4ccn[nH]4)CC3)c12. The molecule has 0 bridgehead atoms. The highest BCUT2D eigenvalue weighted by atomic mass is 32.1. The van der Waals surface area contributed by atoms with Crippen LogP contribution in [-0.2, 0) is 6.54 Å². The van der Waals surface area contributed by atoms with Crippen LogP contribution < -0.4 is 21.3 Å². The maximum absolute atomic E-state index is 14.2. The number of carbonyl (C=O) groups is 1. The van der Waals surface area contributed by atoms with Crippen molar-refractivity contribution >= 4 is 39.0 Å². The Balaban J connectivity index is 1.38. The Bertz CT molecular complexity index is 1350. The number of nitrogens with two attached hydrogens (primary N) is 2. The van der Waals surface area contributed by atoms with Crippen LogP contribution in [0, 0.1) is 12.7 Å². The summed E-state index contributed by atoms with van der Waals surface area (Å²) in [5, 5.41) is 8.94. The summed E-state index contributed by atoms with van der Waals surface area (Å²) in [6, 6.07) is 6.18. The number of nitrogens with zero attached hydrogens (tertiary/aromatic N) is 5. The fourth-order valence-corrected chi connectivity index (χ4v) is 5.34. The van der Waals surface area contributed by atoms with Crippen LogP contribution in [0.4, 0.5) is 15.9 Å². The quantitative estimate of drug-likeness (QED) is 0.262. The number of H-pyrrole nitrogens is 1. The number of likely N-dealkylation sites (tertiary alicyclic amines) is 1. The topological polar surface area (TPSA) is 139 Å². The van der Waals surface area contributed by atoms with Gasteiger partial charge in [-0.2, -0.15) is 5.10 Å². The number of hydrogen-bond acceptors (Lipinski definition) is 9. The monoisotopic (exact) mass is 496 g/mol. The summed E-state index contributed by atoms with van der Waals surface area (Å²) in [6.07, 6.45) is 4.61. The van der Waals surface area contributed by atoms with Gasteiger partial charge in [0.2, 0.25) is 0 Å². The number of amides is 1. The van der Waals surface area contributed by atoms with Crippen molar-refractivity contribution in [1.82, 2.24) is 25.1 Å². The number of nitrogens with one attached hydrogen (secondary N) is 1. The van der Waals surface area contributed by atoms with Crippen molar-refractivity contribution in [2.75, 3.05) is 18.1 Å². The summed E-state index contributed by atoms with van der Waals surface area (Å²) in [5.74, 6) is 6.24. The number of aromatic amines is 1. The van der Waals surface area contributed by atoms with Crippen LogP contribution in [0.2, 0.25) is 0 Å². The highest BCUT2D eigenvalue weighted by molar-refractivity contribution is 7.20. The zero-order valence-corrected chi connectivity index (χ0v) is 19.9. The number of ether oxygens (including phenoxy) is 1. The van der Waals surface area contributed by atoms with Crippen LogP contribution in [0.3, 0.4) is 0 Å². The Morgan fingerprint density at radius 2 is 2.11 bits per heavy atom. The first-order valence-electron chi connectivity index (χ1n) is 11.2. The molecule has 0 radical (unpaired) electrons. The summed E-state index contributed by atoms with van der Waals surface area (Å²) in [5.41, 5.74) is 7.69. The van der Waals surface area contributed by atoms with E-state index in [4.69, 9.17) is 16.3 Å². The van der Waals surface area contributed by atoms with Crippen LogP contribution >= 0.6 is 11.3 Å². The number of carbonyl (C=O) groups excluding carboxylic acids is 1. The largest absolute Gasteiger partial charge is 0.488 e. The number of aromatic nitrogens is 4. The number of thiophene rings is 1. The van der Waals surface area contributed by atoms with E-state index in [0.717, 1.165) is 38.2 Å². The smallest absolute Gasteiger partial charge is 0.259 e. The van der Waals surface area contributed by atoms with Gasteiger partial charge in [-0.3, -0.25) is 19.8 Å². The van der Waals surface area contributed by atoms with Crippen LogP contribution in [0.15, 0.2) is 36.8 Å². The Morgan fingerprint density at radius 3 is 2.83 bits per heavy atom. The molecule has 0 atom stereocenters. The van der Waals surface area contributed by atoms with Crippen LogP contribution in [0.5, 0.6) is 5.75 Å². The number of hydrazine groups is 1. The van der Waals surface area contributed by atoms with E-state index in [0.29, 0.717) is 37.9 Å². The van der Waals surface area contributed by atoms with E-state index in [2.05, 4.69) is 25.1 Å². The van der Waals surface area contributed by atoms with Crippen molar-refractivity contribution in [2.24, 2.45) is 11.6 Å². The van der Waals surface area contributed by atoms with Gasteiger partial charge in [0.1, 0.15) is 34.5 Å². The fourth-order valence-electron chi connectivity index (χ4n) is 4.34. The van der Waals surface area contributed by atoms with Crippen molar-refractivity contribution < 1.29 is 13.9 Å². The number of halogens is 1. The lowest BCUT2D eigenvalue weighted by Gasteiger charge is -2.32. The van der Waals surface area contributed by atoms with Gasteiger partial charge < -0.3 is 10.5 Å². The Kier molecular flexibility index (Phi) is 6.32. The molecule has 1 fully saturated rings. The Hall–Kier alpha value is -3.61. The van der Waals surface area contributed by atoms with Gasteiger partial charge in [0.25, 0.3) is 5.91 Å². The van der Waals surface area contributed by atoms with Gasteiger partial charge in [0.05, 0.1) is 10.3 Å². The molecule has 12 heteroatoms. The summed E-state index contributed by atoms with van der Waals surface area (Å²) < 4.78 is 20.5. The molecule has 0 aliphatic carbocycles. The average molecular weight is 497 g/mol. The van der Waals surface area contributed by atoms with Gasteiger partial charge >= 0.3 is 0 Å². The Labute approximate surface area is 204 Å². The molecule has 0 saturated carbocycles. The number of fused-ring (bicyclic) bond motifs is 1. The predicted molar refractivity (Wildman–Crippen MR) is 131 cm³/mol. The summed E-state index contributed by atoms with van der Waals surface area (Å²) in [6.45, 7) is 4.26. The molecule has 1 aliphatic heterocycles. The molecule has 182 valence electrons. The van der Waals surface area contributed by atoms with Crippen molar-refractivity contribution in [2.45, 2.75) is 32.4 Å². The molecule has 0 spiro atoms. The van der Waals surface area contributed by atoms with Gasteiger partial charge in [0, 0.05) is 37.6 Å². The normalized spacial score (nSPS) is 14.9. The molecule has 3 aromatic heterocycles. The number of primary amides is 1. The second kappa shape index (κ2) is 9.56. The third kappa shape index (κ3) is 4.67. The van der Waals surface area contributed by atoms with Crippen LogP contribution in [-0.4, -0.2) is 50.2 Å². The molecule has 5 rings (SSSR count). The van der Waals surface area contributed by atoms with Crippen molar-refractivity contribution in [3.05, 3.63) is 58.7 Å². The molecule has 1 saturated heterocycles. The van der Waals surface area contributed by atoms with Gasteiger partial charge in [-0.15, -0.1) is 11.3 Å². The third-order valence-corrected chi connectivity index (χ3v) is 7.34. The predicted octanol–water partition coefficient (Wildman–Crippen LogP) is 3.02. The zero-order chi connectivity index (χ0) is 24.5. The lowest BCUT2D eigenvalue weighted by molar-refractivity contribution is 0.0962. The van der Waals surface area contributed by atoms with E-state index in [1.807, 2.05) is 6.07 Å². The highest BCUT2D eigenvalue weighted by Gasteiger charge is 2.25. The number of anilines is 2. The molecule has 1 amide bonds. The number of hydrogen-bond donors (Lipinski definition) is 3. The molecule has 35 heavy (non-hydrogen) atoms. The van der Waals surface area contributed by atoms with Crippen molar-refractivity contribution in [3.8, 4) is 5.75 Å². The highest BCUT2D eigenvalue weighted by Crippen LogP contribution is 2.39. The first-order valence-corrected chi connectivity index (χ1v) is 12.0. The van der Waals surface area contributed by atoms with Crippen LogP contribution in [0.1, 0.15) is 33.8 Å². The van der Waals surface area contributed by atoms with E-state index < -0.39 is 11.7 Å².